The second kappa shape index (κ2) is 12.7. The number of amides is 1. The van der Waals surface area contributed by atoms with Gasteiger partial charge in [-0.3, -0.25) is 14.4 Å². The Morgan fingerprint density at radius 2 is 1.92 bits per heavy atom. The van der Waals surface area contributed by atoms with E-state index in [0.29, 0.717) is 50.0 Å². The zero-order chi connectivity index (χ0) is 27.0. The number of aliphatic hydroxyl groups is 1. The van der Waals surface area contributed by atoms with Gasteiger partial charge in [0.25, 0.3) is 0 Å². The van der Waals surface area contributed by atoms with E-state index < -0.39 is 5.60 Å². The van der Waals surface area contributed by atoms with Crippen LogP contribution < -0.4 is 14.2 Å². The zero-order valence-corrected chi connectivity index (χ0v) is 21.9. The molecule has 38 heavy (non-hydrogen) atoms. The van der Waals surface area contributed by atoms with Gasteiger partial charge in [-0.25, -0.2) is 4.39 Å². The maximum atomic E-state index is 13.3. The molecule has 1 aliphatic rings. The average molecular weight is 527 g/mol. The van der Waals surface area contributed by atoms with Crippen LogP contribution in [0.3, 0.4) is 0 Å². The summed E-state index contributed by atoms with van der Waals surface area (Å²) in [5.74, 6) is 1.29. The predicted molar refractivity (Wildman–Crippen MR) is 140 cm³/mol. The summed E-state index contributed by atoms with van der Waals surface area (Å²) < 4.78 is 32.4. The predicted octanol–water partition coefficient (Wildman–Crippen LogP) is 2.97. The maximum Gasteiger partial charge on any atom is 0.219 e. The van der Waals surface area contributed by atoms with Gasteiger partial charge in [0.2, 0.25) is 5.91 Å². The van der Waals surface area contributed by atoms with E-state index >= 15 is 0 Å². The van der Waals surface area contributed by atoms with E-state index in [1.54, 1.807) is 18.2 Å². The lowest BCUT2D eigenvalue weighted by atomic mass is 10.0. The van der Waals surface area contributed by atoms with Gasteiger partial charge in [-0.1, -0.05) is 6.07 Å². The monoisotopic (exact) mass is 526 g/mol. The summed E-state index contributed by atoms with van der Waals surface area (Å²) in [6.07, 6.45) is 4.46. The number of ether oxygens (including phenoxy) is 3. The number of halogens is 1. The van der Waals surface area contributed by atoms with Crippen molar-refractivity contribution in [2.75, 3.05) is 46.5 Å². The van der Waals surface area contributed by atoms with Gasteiger partial charge in [-0.2, -0.15) is 5.10 Å². The molecular formula is C28H35FN4O5. The molecule has 1 fully saturated rings. The lowest BCUT2D eigenvalue weighted by molar-refractivity contribution is -0.132. The number of benzene rings is 2. The van der Waals surface area contributed by atoms with Gasteiger partial charge in [0.05, 0.1) is 20.3 Å². The molecule has 9 nitrogen and oxygen atoms in total. The molecule has 1 N–H and O–H groups in total. The third-order valence-corrected chi connectivity index (χ3v) is 6.44. The van der Waals surface area contributed by atoms with Crippen LogP contribution in [0.2, 0.25) is 0 Å². The number of carbonyl (C=O) groups excluding carboxylic acids is 1. The van der Waals surface area contributed by atoms with E-state index in [-0.39, 0.29) is 24.9 Å². The Kier molecular flexibility index (Phi) is 9.19. The van der Waals surface area contributed by atoms with Gasteiger partial charge in [0.1, 0.15) is 23.8 Å². The first-order valence-electron chi connectivity index (χ1n) is 12.7. The number of β-amino-alcohol motifs (C(OH)–C–C–N with tert-alkyl or cyclic N) is 1. The third-order valence-electron chi connectivity index (χ3n) is 6.44. The van der Waals surface area contributed by atoms with Crippen LogP contribution in [0.15, 0.2) is 60.9 Å². The lowest BCUT2D eigenvalue weighted by Crippen LogP contribution is -2.51. The van der Waals surface area contributed by atoms with Gasteiger partial charge >= 0.3 is 0 Å². The number of carbonyl (C=O) groups is 1. The number of methoxy groups -OCH3 is 1. The minimum Gasteiger partial charge on any atom is -0.493 e. The molecule has 0 unspecified atom stereocenters. The van der Waals surface area contributed by atoms with Crippen molar-refractivity contribution < 1.29 is 28.5 Å². The van der Waals surface area contributed by atoms with E-state index in [1.165, 1.54) is 31.2 Å². The molecule has 10 heteroatoms. The summed E-state index contributed by atoms with van der Waals surface area (Å²) in [4.78, 5) is 15.9. The van der Waals surface area contributed by atoms with E-state index in [2.05, 4.69) is 10.00 Å². The number of rotatable bonds is 11. The molecule has 0 saturated carbocycles. The van der Waals surface area contributed by atoms with Crippen molar-refractivity contribution in [1.29, 1.82) is 0 Å². The van der Waals surface area contributed by atoms with E-state index in [0.717, 1.165) is 18.5 Å². The van der Waals surface area contributed by atoms with E-state index in [4.69, 9.17) is 14.2 Å². The highest BCUT2D eigenvalue weighted by atomic mass is 19.1. The van der Waals surface area contributed by atoms with Crippen molar-refractivity contribution in [2.24, 2.45) is 0 Å². The maximum absolute atomic E-state index is 13.3. The summed E-state index contributed by atoms with van der Waals surface area (Å²) >= 11 is 0. The van der Waals surface area contributed by atoms with Crippen LogP contribution in [0, 0.1) is 5.82 Å². The smallest absolute Gasteiger partial charge is 0.219 e. The number of aryl methyl sites for hydroxylation is 1. The number of aromatic nitrogens is 2. The molecule has 0 radical (unpaired) electrons. The third kappa shape index (κ3) is 7.69. The Bertz CT molecular complexity index is 1170. The number of hydrogen-bond acceptors (Lipinski definition) is 7. The van der Waals surface area contributed by atoms with Crippen LogP contribution in [0.1, 0.15) is 18.9 Å². The summed E-state index contributed by atoms with van der Waals surface area (Å²) in [5.41, 5.74) is -0.319. The largest absolute Gasteiger partial charge is 0.493 e. The van der Waals surface area contributed by atoms with Gasteiger partial charge in [0, 0.05) is 58.5 Å². The fourth-order valence-corrected chi connectivity index (χ4v) is 4.52. The second-order valence-corrected chi connectivity index (χ2v) is 9.57. The Balaban J connectivity index is 1.41. The molecule has 1 aromatic heterocycles. The summed E-state index contributed by atoms with van der Waals surface area (Å²) in [7, 11) is 1.61. The van der Waals surface area contributed by atoms with Crippen LogP contribution in [0.5, 0.6) is 17.2 Å². The molecule has 4 rings (SSSR count). The Labute approximate surface area is 222 Å². The minimum absolute atomic E-state index is 0.0356. The highest BCUT2D eigenvalue weighted by molar-refractivity contribution is 5.73. The van der Waals surface area contributed by atoms with Crippen LogP contribution in [-0.2, 0) is 17.9 Å². The van der Waals surface area contributed by atoms with Crippen LogP contribution >= 0.6 is 0 Å². The standard InChI is InChI=1S/C28H35FN4O5/c1-22(34)32-15-14-31(19-28(35,20-32)21-38-25-8-6-24(29)7-9-25)18-23-5-10-26(36-2)27(17-23)37-16-4-13-33-12-3-11-30-33/h3,5-12,17,35H,4,13-16,18-21H2,1-2H3/t28-/m0/s1. The van der Waals surface area contributed by atoms with Crippen molar-refractivity contribution in [2.45, 2.75) is 32.0 Å². The number of nitrogens with zero attached hydrogens (tertiary/aromatic N) is 4. The molecule has 1 aliphatic heterocycles. The second-order valence-electron chi connectivity index (χ2n) is 9.57. The molecule has 1 saturated heterocycles. The lowest BCUT2D eigenvalue weighted by Gasteiger charge is -2.32. The fraction of sp³-hybridized carbons (Fsp3) is 0.429. The van der Waals surface area contributed by atoms with Gasteiger partial charge in [-0.15, -0.1) is 0 Å². The van der Waals surface area contributed by atoms with Gasteiger partial charge in [-0.05, 0) is 48.0 Å². The Hall–Kier alpha value is -3.63. The Morgan fingerprint density at radius 3 is 2.63 bits per heavy atom. The van der Waals surface area contributed by atoms with Crippen molar-refractivity contribution in [3.05, 3.63) is 72.3 Å². The minimum atomic E-state index is -1.31. The molecular weight excluding hydrogens is 491 g/mol. The quantitative estimate of drug-likeness (QED) is 0.384. The summed E-state index contributed by atoms with van der Waals surface area (Å²) in [5, 5.41) is 15.7. The van der Waals surface area contributed by atoms with Crippen molar-refractivity contribution in [3.63, 3.8) is 0 Å². The molecule has 0 spiro atoms. The molecule has 0 bridgehead atoms. The molecule has 2 aromatic carbocycles. The zero-order valence-electron chi connectivity index (χ0n) is 21.9. The van der Waals surface area contributed by atoms with Crippen LogP contribution in [-0.4, -0.2) is 82.7 Å². The van der Waals surface area contributed by atoms with Crippen molar-refractivity contribution >= 4 is 5.91 Å². The number of hydrogen-bond donors (Lipinski definition) is 1. The molecule has 0 aliphatic carbocycles. The SMILES string of the molecule is COc1ccc(CN2CCN(C(C)=O)C[C@](O)(COc3ccc(F)cc3)C2)cc1OCCCn1cccn1. The van der Waals surface area contributed by atoms with Crippen LogP contribution in [0.25, 0.3) is 0 Å². The first kappa shape index (κ1) is 27.4. The molecule has 204 valence electrons. The molecule has 1 amide bonds. The molecule has 2 heterocycles. The van der Waals surface area contributed by atoms with Gasteiger partial charge in [0.15, 0.2) is 11.5 Å². The van der Waals surface area contributed by atoms with Gasteiger partial charge < -0.3 is 24.2 Å². The first-order chi connectivity index (χ1) is 18.3. The summed E-state index contributed by atoms with van der Waals surface area (Å²) in [6.45, 7) is 4.79. The van der Waals surface area contributed by atoms with Crippen molar-refractivity contribution in [3.8, 4) is 17.2 Å². The first-order valence-corrected chi connectivity index (χ1v) is 12.7. The highest BCUT2D eigenvalue weighted by Gasteiger charge is 2.37. The Morgan fingerprint density at radius 1 is 1.11 bits per heavy atom. The molecule has 1 atom stereocenters. The van der Waals surface area contributed by atoms with Crippen LogP contribution in [0.4, 0.5) is 4.39 Å². The summed E-state index contributed by atoms with van der Waals surface area (Å²) in [6, 6.07) is 13.3. The molecule has 3 aromatic rings. The normalized spacial score (nSPS) is 18.2. The fourth-order valence-electron chi connectivity index (χ4n) is 4.52. The average Bonchev–Trinajstić information content (AvgIpc) is 3.36. The van der Waals surface area contributed by atoms with Crippen molar-refractivity contribution in [1.82, 2.24) is 19.6 Å². The highest BCUT2D eigenvalue weighted by Crippen LogP contribution is 2.29. The van der Waals surface area contributed by atoms with E-state index in [9.17, 15) is 14.3 Å². The topological polar surface area (TPSA) is 89.3 Å². The van der Waals surface area contributed by atoms with E-state index in [1.807, 2.05) is 35.1 Å².